The SMILES string of the molecule is CC(NC1C(=O)N(OCc2ccccc2)CC1C)c1ccccc1. The molecular formula is C20H24N2O2. The van der Waals surface area contributed by atoms with E-state index in [1.807, 2.05) is 48.5 Å². The molecule has 0 radical (unpaired) electrons. The van der Waals surface area contributed by atoms with Crippen molar-refractivity contribution in [3.8, 4) is 0 Å². The van der Waals surface area contributed by atoms with Gasteiger partial charge in [0.15, 0.2) is 0 Å². The predicted octanol–water partition coefficient (Wildman–Crippen LogP) is 3.32. The van der Waals surface area contributed by atoms with Gasteiger partial charge < -0.3 is 0 Å². The maximum Gasteiger partial charge on any atom is 0.263 e. The van der Waals surface area contributed by atoms with Gasteiger partial charge in [-0.1, -0.05) is 67.6 Å². The van der Waals surface area contributed by atoms with Crippen LogP contribution in [0.25, 0.3) is 0 Å². The third-order valence-electron chi connectivity index (χ3n) is 4.49. The number of carbonyl (C=O) groups excluding carboxylic acids is 1. The van der Waals surface area contributed by atoms with Crippen LogP contribution >= 0.6 is 0 Å². The number of rotatable bonds is 6. The highest BCUT2D eigenvalue weighted by molar-refractivity contribution is 5.83. The van der Waals surface area contributed by atoms with Crippen LogP contribution in [0.5, 0.6) is 0 Å². The fourth-order valence-electron chi connectivity index (χ4n) is 3.04. The molecule has 3 unspecified atom stereocenters. The van der Waals surface area contributed by atoms with Crippen LogP contribution in [0, 0.1) is 5.92 Å². The standard InChI is InChI=1S/C20H24N2O2/c1-15-13-22(24-14-17-9-5-3-6-10-17)20(23)19(15)21-16(2)18-11-7-4-8-12-18/h3-12,15-16,19,21H,13-14H2,1-2H3. The van der Waals surface area contributed by atoms with Gasteiger partial charge in [-0.3, -0.25) is 14.9 Å². The van der Waals surface area contributed by atoms with Gasteiger partial charge in [0.1, 0.15) is 6.61 Å². The van der Waals surface area contributed by atoms with Crippen LogP contribution in [0.1, 0.15) is 31.0 Å². The maximum atomic E-state index is 12.6. The molecule has 0 aromatic heterocycles. The lowest BCUT2D eigenvalue weighted by molar-refractivity contribution is -0.183. The van der Waals surface area contributed by atoms with E-state index in [0.29, 0.717) is 13.2 Å². The second-order valence-corrected chi connectivity index (χ2v) is 6.41. The fraction of sp³-hybridized carbons (Fsp3) is 0.350. The van der Waals surface area contributed by atoms with E-state index in [-0.39, 0.29) is 23.9 Å². The van der Waals surface area contributed by atoms with Crippen LogP contribution in [0.2, 0.25) is 0 Å². The zero-order valence-electron chi connectivity index (χ0n) is 14.2. The van der Waals surface area contributed by atoms with Crippen molar-refractivity contribution >= 4 is 5.91 Å². The highest BCUT2D eigenvalue weighted by atomic mass is 16.7. The van der Waals surface area contributed by atoms with Gasteiger partial charge in [-0.15, -0.1) is 0 Å². The number of benzene rings is 2. The average molecular weight is 324 g/mol. The smallest absolute Gasteiger partial charge is 0.263 e. The summed E-state index contributed by atoms with van der Waals surface area (Å²) in [6.45, 7) is 5.20. The van der Waals surface area contributed by atoms with Crippen LogP contribution in [0.15, 0.2) is 60.7 Å². The molecule has 3 atom stereocenters. The number of nitrogens with zero attached hydrogens (tertiary/aromatic N) is 1. The molecule has 4 heteroatoms. The minimum atomic E-state index is -0.212. The summed E-state index contributed by atoms with van der Waals surface area (Å²) >= 11 is 0. The Balaban J connectivity index is 1.58. The summed E-state index contributed by atoms with van der Waals surface area (Å²) in [5, 5.41) is 4.96. The molecule has 4 nitrogen and oxygen atoms in total. The molecule has 1 aliphatic heterocycles. The maximum absolute atomic E-state index is 12.6. The molecule has 1 N–H and O–H groups in total. The Kier molecular flexibility index (Phi) is 5.28. The van der Waals surface area contributed by atoms with Crippen molar-refractivity contribution in [2.75, 3.05) is 6.54 Å². The van der Waals surface area contributed by atoms with Crippen LogP contribution < -0.4 is 5.32 Å². The van der Waals surface area contributed by atoms with E-state index in [9.17, 15) is 4.79 Å². The number of amides is 1. The number of nitrogens with one attached hydrogen (secondary N) is 1. The molecule has 1 amide bonds. The Bertz CT molecular complexity index is 660. The first kappa shape index (κ1) is 16.7. The fourth-order valence-corrected chi connectivity index (χ4v) is 3.04. The molecule has 1 heterocycles. The van der Waals surface area contributed by atoms with E-state index in [1.165, 1.54) is 10.6 Å². The third kappa shape index (κ3) is 3.83. The summed E-state index contributed by atoms with van der Waals surface area (Å²) in [6, 6.07) is 20.0. The summed E-state index contributed by atoms with van der Waals surface area (Å²) in [5.74, 6) is 0.223. The van der Waals surface area contributed by atoms with E-state index in [2.05, 4.69) is 31.3 Å². The molecule has 24 heavy (non-hydrogen) atoms. The molecule has 1 fully saturated rings. The lowest BCUT2D eigenvalue weighted by atomic mass is 10.0. The Morgan fingerprint density at radius 2 is 1.75 bits per heavy atom. The summed E-state index contributed by atoms with van der Waals surface area (Å²) in [5.41, 5.74) is 2.24. The van der Waals surface area contributed by atoms with Crippen LogP contribution in [0.3, 0.4) is 0 Å². The van der Waals surface area contributed by atoms with E-state index in [4.69, 9.17) is 4.84 Å². The highest BCUT2D eigenvalue weighted by Crippen LogP contribution is 2.23. The first-order valence-corrected chi connectivity index (χ1v) is 8.44. The number of hydrogen-bond donors (Lipinski definition) is 1. The second kappa shape index (κ2) is 7.60. The van der Waals surface area contributed by atoms with Gasteiger partial charge in [-0.05, 0) is 18.1 Å². The van der Waals surface area contributed by atoms with Crippen molar-refractivity contribution in [1.29, 1.82) is 0 Å². The van der Waals surface area contributed by atoms with Crippen molar-refractivity contribution in [3.63, 3.8) is 0 Å². The van der Waals surface area contributed by atoms with E-state index < -0.39 is 0 Å². The normalized spacial score (nSPS) is 21.9. The second-order valence-electron chi connectivity index (χ2n) is 6.41. The minimum absolute atomic E-state index is 0.0150. The van der Waals surface area contributed by atoms with Crippen LogP contribution in [-0.4, -0.2) is 23.6 Å². The topological polar surface area (TPSA) is 41.6 Å². The number of carbonyl (C=O) groups is 1. The van der Waals surface area contributed by atoms with Crippen molar-refractivity contribution < 1.29 is 9.63 Å². The Morgan fingerprint density at radius 3 is 2.42 bits per heavy atom. The van der Waals surface area contributed by atoms with Crippen LogP contribution in [-0.2, 0) is 16.2 Å². The van der Waals surface area contributed by atoms with Crippen molar-refractivity contribution in [3.05, 3.63) is 71.8 Å². The molecule has 0 spiro atoms. The summed E-state index contributed by atoms with van der Waals surface area (Å²) in [7, 11) is 0. The minimum Gasteiger partial charge on any atom is -0.299 e. The first-order chi connectivity index (χ1) is 11.6. The number of hydroxylamine groups is 2. The number of hydrogen-bond acceptors (Lipinski definition) is 3. The monoisotopic (exact) mass is 324 g/mol. The first-order valence-electron chi connectivity index (χ1n) is 8.44. The molecule has 2 aromatic carbocycles. The highest BCUT2D eigenvalue weighted by Gasteiger charge is 2.39. The van der Waals surface area contributed by atoms with Gasteiger partial charge in [0.2, 0.25) is 0 Å². The van der Waals surface area contributed by atoms with Gasteiger partial charge in [0.05, 0.1) is 12.6 Å². The van der Waals surface area contributed by atoms with Gasteiger partial charge in [0.25, 0.3) is 5.91 Å². The van der Waals surface area contributed by atoms with Crippen molar-refractivity contribution in [2.24, 2.45) is 5.92 Å². The molecular weight excluding hydrogens is 300 g/mol. The van der Waals surface area contributed by atoms with Gasteiger partial charge in [0, 0.05) is 12.0 Å². The van der Waals surface area contributed by atoms with Gasteiger partial charge >= 0.3 is 0 Å². The third-order valence-corrected chi connectivity index (χ3v) is 4.49. The molecule has 0 bridgehead atoms. The molecule has 2 aromatic rings. The lowest BCUT2D eigenvalue weighted by Crippen LogP contribution is -2.41. The predicted molar refractivity (Wildman–Crippen MR) is 93.9 cm³/mol. The van der Waals surface area contributed by atoms with E-state index in [0.717, 1.165) is 5.56 Å². The Hall–Kier alpha value is -2.17. The molecule has 0 saturated carbocycles. The molecule has 1 saturated heterocycles. The average Bonchev–Trinajstić information content (AvgIpc) is 2.89. The summed E-state index contributed by atoms with van der Waals surface area (Å²) < 4.78 is 0. The molecule has 0 aliphatic carbocycles. The van der Waals surface area contributed by atoms with E-state index in [1.54, 1.807) is 0 Å². The summed E-state index contributed by atoms with van der Waals surface area (Å²) in [4.78, 5) is 18.4. The zero-order valence-corrected chi connectivity index (χ0v) is 14.2. The van der Waals surface area contributed by atoms with Gasteiger partial charge in [-0.2, -0.15) is 0 Å². The molecule has 3 rings (SSSR count). The molecule has 126 valence electrons. The molecule has 1 aliphatic rings. The van der Waals surface area contributed by atoms with Gasteiger partial charge in [-0.25, -0.2) is 5.06 Å². The quantitative estimate of drug-likeness (QED) is 0.886. The van der Waals surface area contributed by atoms with Crippen LogP contribution in [0.4, 0.5) is 0 Å². The zero-order chi connectivity index (χ0) is 16.9. The van der Waals surface area contributed by atoms with Crippen molar-refractivity contribution in [1.82, 2.24) is 10.4 Å². The summed E-state index contributed by atoms with van der Waals surface area (Å²) in [6.07, 6.45) is 0. The Labute approximate surface area is 143 Å². The lowest BCUT2D eigenvalue weighted by Gasteiger charge is -2.21. The van der Waals surface area contributed by atoms with E-state index >= 15 is 0 Å². The van der Waals surface area contributed by atoms with Crippen molar-refractivity contribution in [2.45, 2.75) is 32.5 Å². The largest absolute Gasteiger partial charge is 0.299 e. The Morgan fingerprint density at radius 1 is 1.12 bits per heavy atom.